The Morgan fingerprint density at radius 2 is 1.80 bits per heavy atom. The molecule has 0 aromatic carbocycles. The van der Waals surface area contributed by atoms with E-state index in [1.807, 2.05) is 0 Å². The van der Waals surface area contributed by atoms with Crippen LogP contribution in [0, 0.1) is 5.41 Å². The van der Waals surface area contributed by atoms with Crippen LogP contribution in [0.4, 0.5) is 0 Å². The summed E-state index contributed by atoms with van der Waals surface area (Å²) in [6.45, 7) is 8.41. The predicted octanol–water partition coefficient (Wildman–Crippen LogP) is 2.30. The topological polar surface area (TPSA) is 24.1 Å². The van der Waals surface area contributed by atoms with Gasteiger partial charge >= 0.3 is 0 Å². The third kappa shape index (κ3) is 2.94. The van der Waals surface area contributed by atoms with Crippen molar-refractivity contribution in [2.45, 2.75) is 57.9 Å². The van der Waals surface area contributed by atoms with Crippen molar-refractivity contribution in [3.63, 3.8) is 0 Å². The second-order valence-corrected chi connectivity index (χ2v) is 6.21. The average Bonchev–Trinajstić information content (AvgIpc) is 2.65. The Hall–Kier alpha value is -0.0800. The fourth-order valence-corrected chi connectivity index (χ4v) is 2.96. The SMILES string of the molecule is CC1(CNC2(C)CCCCC2)CCNC1. The van der Waals surface area contributed by atoms with Crippen LogP contribution in [-0.4, -0.2) is 25.2 Å². The zero-order valence-electron chi connectivity index (χ0n) is 10.4. The first-order valence-corrected chi connectivity index (χ1v) is 6.58. The number of rotatable bonds is 3. The highest BCUT2D eigenvalue weighted by molar-refractivity contribution is 4.92. The molecule has 2 N–H and O–H groups in total. The Bertz CT molecular complexity index is 201. The van der Waals surface area contributed by atoms with E-state index in [1.165, 1.54) is 58.2 Å². The molecule has 2 aliphatic rings. The second-order valence-electron chi connectivity index (χ2n) is 6.21. The van der Waals surface area contributed by atoms with Gasteiger partial charge in [0.2, 0.25) is 0 Å². The van der Waals surface area contributed by atoms with Crippen molar-refractivity contribution < 1.29 is 0 Å². The lowest BCUT2D eigenvalue weighted by Crippen LogP contribution is -2.48. The minimum atomic E-state index is 0.434. The maximum absolute atomic E-state index is 3.84. The van der Waals surface area contributed by atoms with Crippen molar-refractivity contribution in [2.24, 2.45) is 5.41 Å². The summed E-state index contributed by atoms with van der Waals surface area (Å²) in [5, 5.41) is 7.31. The van der Waals surface area contributed by atoms with Crippen molar-refractivity contribution >= 4 is 0 Å². The summed E-state index contributed by atoms with van der Waals surface area (Å²) in [7, 11) is 0. The van der Waals surface area contributed by atoms with Gasteiger partial charge in [0.15, 0.2) is 0 Å². The molecule has 1 atom stereocenters. The maximum Gasteiger partial charge on any atom is 0.0153 e. The predicted molar refractivity (Wildman–Crippen MR) is 65.1 cm³/mol. The summed E-state index contributed by atoms with van der Waals surface area (Å²) in [6, 6.07) is 0. The molecule has 1 saturated carbocycles. The van der Waals surface area contributed by atoms with Crippen LogP contribution >= 0.6 is 0 Å². The molecule has 2 fully saturated rings. The Kier molecular flexibility index (Phi) is 3.36. The molecule has 15 heavy (non-hydrogen) atoms. The maximum atomic E-state index is 3.84. The Morgan fingerprint density at radius 3 is 2.40 bits per heavy atom. The van der Waals surface area contributed by atoms with Gasteiger partial charge in [-0.3, -0.25) is 0 Å². The van der Waals surface area contributed by atoms with Crippen molar-refractivity contribution in [3.8, 4) is 0 Å². The molecule has 0 aromatic heterocycles. The lowest BCUT2D eigenvalue weighted by Gasteiger charge is -2.38. The van der Waals surface area contributed by atoms with Gasteiger partial charge < -0.3 is 10.6 Å². The van der Waals surface area contributed by atoms with Crippen LogP contribution in [0.1, 0.15) is 52.4 Å². The molecule has 0 amide bonds. The molecule has 0 radical (unpaired) electrons. The quantitative estimate of drug-likeness (QED) is 0.747. The second kappa shape index (κ2) is 4.42. The zero-order valence-corrected chi connectivity index (χ0v) is 10.4. The van der Waals surface area contributed by atoms with Crippen molar-refractivity contribution in [2.75, 3.05) is 19.6 Å². The highest BCUT2D eigenvalue weighted by Crippen LogP contribution is 2.30. The first kappa shape index (κ1) is 11.4. The van der Waals surface area contributed by atoms with E-state index in [2.05, 4.69) is 24.5 Å². The Morgan fingerprint density at radius 1 is 1.07 bits per heavy atom. The number of hydrogen-bond donors (Lipinski definition) is 2. The molecule has 2 heteroatoms. The van der Waals surface area contributed by atoms with E-state index in [0.717, 1.165) is 0 Å². The fourth-order valence-electron chi connectivity index (χ4n) is 2.96. The standard InChI is InChI=1S/C13H26N2/c1-12(8-9-14-10-12)11-15-13(2)6-4-3-5-7-13/h14-15H,3-11H2,1-2H3. The molecule has 1 unspecified atom stereocenters. The van der Waals surface area contributed by atoms with Gasteiger partial charge in [0, 0.05) is 18.6 Å². The summed E-state index contributed by atoms with van der Waals surface area (Å²) in [5.41, 5.74) is 0.935. The van der Waals surface area contributed by atoms with Gasteiger partial charge in [0.1, 0.15) is 0 Å². The number of nitrogens with one attached hydrogen (secondary N) is 2. The Balaban J connectivity index is 1.80. The van der Waals surface area contributed by atoms with Crippen LogP contribution in [0.5, 0.6) is 0 Å². The highest BCUT2D eigenvalue weighted by atomic mass is 15.0. The van der Waals surface area contributed by atoms with Crippen LogP contribution in [0.2, 0.25) is 0 Å². The highest BCUT2D eigenvalue weighted by Gasteiger charge is 2.32. The van der Waals surface area contributed by atoms with E-state index < -0.39 is 0 Å². The fraction of sp³-hybridized carbons (Fsp3) is 1.00. The van der Waals surface area contributed by atoms with Crippen LogP contribution in [0.15, 0.2) is 0 Å². The minimum absolute atomic E-state index is 0.434. The lowest BCUT2D eigenvalue weighted by atomic mass is 9.81. The van der Waals surface area contributed by atoms with Crippen LogP contribution in [0.3, 0.4) is 0 Å². The van der Waals surface area contributed by atoms with E-state index in [4.69, 9.17) is 0 Å². The molecule has 2 rings (SSSR count). The van der Waals surface area contributed by atoms with Gasteiger partial charge in [-0.15, -0.1) is 0 Å². The Labute approximate surface area is 94.2 Å². The molecule has 0 aromatic rings. The van der Waals surface area contributed by atoms with Gasteiger partial charge in [0.05, 0.1) is 0 Å². The van der Waals surface area contributed by atoms with Gasteiger partial charge in [-0.05, 0) is 38.1 Å². The van der Waals surface area contributed by atoms with Crippen LogP contribution in [0.25, 0.3) is 0 Å². The first-order valence-electron chi connectivity index (χ1n) is 6.58. The minimum Gasteiger partial charge on any atom is -0.316 e. The van der Waals surface area contributed by atoms with Gasteiger partial charge in [0.25, 0.3) is 0 Å². The zero-order chi connectivity index (χ0) is 10.8. The average molecular weight is 210 g/mol. The van der Waals surface area contributed by atoms with E-state index in [9.17, 15) is 0 Å². The third-order valence-electron chi connectivity index (χ3n) is 4.36. The molecule has 0 bridgehead atoms. The van der Waals surface area contributed by atoms with Gasteiger partial charge in [-0.1, -0.05) is 26.2 Å². The van der Waals surface area contributed by atoms with Gasteiger partial charge in [-0.25, -0.2) is 0 Å². The summed E-state index contributed by atoms with van der Waals surface area (Å²) in [4.78, 5) is 0. The van der Waals surface area contributed by atoms with Crippen molar-refractivity contribution in [1.29, 1.82) is 0 Å². The van der Waals surface area contributed by atoms with Crippen molar-refractivity contribution in [3.05, 3.63) is 0 Å². The normalized spacial score (nSPS) is 35.6. The first-order chi connectivity index (χ1) is 7.12. The van der Waals surface area contributed by atoms with Gasteiger partial charge in [-0.2, -0.15) is 0 Å². The smallest absolute Gasteiger partial charge is 0.0153 e. The van der Waals surface area contributed by atoms with E-state index in [-0.39, 0.29) is 0 Å². The largest absolute Gasteiger partial charge is 0.316 e. The van der Waals surface area contributed by atoms with E-state index in [0.29, 0.717) is 11.0 Å². The molecule has 1 aliphatic carbocycles. The molecule has 88 valence electrons. The van der Waals surface area contributed by atoms with E-state index in [1.54, 1.807) is 0 Å². The third-order valence-corrected chi connectivity index (χ3v) is 4.36. The molecular formula is C13H26N2. The number of hydrogen-bond acceptors (Lipinski definition) is 2. The monoisotopic (exact) mass is 210 g/mol. The lowest BCUT2D eigenvalue weighted by molar-refractivity contribution is 0.213. The molecule has 1 aliphatic heterocycles. The van der Waals surface area contributed by atoms with Crippen LogP contribution in [-0.2, 0) is 0 Å². The molecule has 1 saturated heterocycles. The molecule has 0 spiro atoms. The summed E-state index contributed by atoms with van der Waals surface area (Å²) < 4.78 is 0. The summed E-state index contributed by atoms with van der Waals surface area (Å²) in [6.07, 6.45) is 8.34. The molecule has 1 heterocycles. The van der Waals surface area contributed by atoms with Crippen LogP contribution < -0.4 is 10.6 Å². The summed E-state index contributed by atoms with van der Waals surface area (Å²) >= 11 is 0. The molecular weight excluding hydrogens is 184 g/mol. The molecule has 2 nitrogen and oxygen atoms in total. The van der Waals surface area contributed by atoms with Crippen molar-refractivity contribution in [1.82, 2.24) is 10.6 Å². The van der Waals surface area contributed by atoms with E-state index >= 15 is 0 Å². The summed E-state index contributed by atoms with van der Waals surface area (Å²) in [5.74, 6) is 0.